The predicted octanol–water partition coefficient (Wildman–Crippen LogP) is 1.03. The summed E-state index contributed by atoms with van der Waals surface area (Å²) in [6, 6.07) is 5.31. The molecule has 0 bridgehead atoms. The molecule has 9 nitrogen and oxygen atoms in total. The molecule has 166 valence electrons. The number of aliphatic hydroxyl groups excluding tert-OH is 1. The number of benzene rings is 1. The first-order valence-corrected chi connectivity index (χ1v) is 10.6. The Morgan fingerprint density at radius 1 is 1.14 bits per heavy atom. The van der Waals surface area contributed by atoms with Crippen molar-refractivity contribution in [3.05, 3.63) is 29.8 Å². The molecule has 0 aromatic heterocycles. The number of esters is 1. The highest BCUT2D eigenvalue weighted by Gasteiger charge is 2.29. The second kappa shape index (κ2) is 12.5. The summed E-state index contributed by atoms with van der Waals surface area (Å²) in [5.74, 6) is -0.917. The van der Waals surface area contributed by atoms with Crippen molar-refractivity contribution in [2.45, 2.75) is 64.2 Å². The molecule has 1 unspecified atom stereocenters. The highest BCUT2D eigenvalue weighted by atomic mass is 32.2. The Labute approximate surface area is 172 Å². The monoisotopic (exact) mass is 432 g/mol. The van der Waals surface area contributed by atoms with Gasteiger partial charge in [-0.05, 0) is 45.2 Å². The van der Waals surface area contributed by atoms with E-state index in [-0.39, 0.29) is 23.5 Å². The van der Waals surface area contributed by atoms with Gasteiger partial charge in [0.2, 0.25) is 5.91 Å². The standard InChI is InChI=1S/C12H24N2O4.C7H8O3S/c1-7(2)5-9(14-10(15)6-13)11(16)12(17)18-8(3)4;1-6-2-4-7(5-3-6)11(8,9)10/h7-9,11,16H,5-6,13H2,1-4H3,(H,14,15);2-5H,1H3,(H,8,9,10)/t9-,11?;/m0./s1. The molecule has 0 spiro atoms. The van der Waals surface area contributed by atoms with Gasteiger partial charge in [0.1, 0.15) is 0 Å². The van der Waals surface area contributed by atoms with Gasteiger partial charge in [0.25, 0.3) is 10.1 Å². The molecule has 5 N–H and O–H groups in total. The van der Waals surface area contributed by atoms with Crippen LogP contribution in [0.25, 0.3) is 0 Å². The van der Waals surface area contributed by atoms with Crippen molar-refractivity contribution < 1.29 is 32.4 Å². The Balaban J connectivity index is 0.000000604. The van der Waals surface area contributed by atoms with Crippen molar-refractivity contribution in [2.75, 3.05) is 6.54 Å². The van der Waals surface area contributed by atoms with Crippen molar-refractivity contribution >= 4 is 22.0 Å². The van der Waals surface area contributed by atoms with Crippen LogP contribution in [0.5, 0.6) is 0 Å². The quantitative estimate of drug-likeness (QED) is 0.350. The van der Waals surface area contributed by atoms with Gasteiger partial charge >= 0.3 is 5.97 Å². The highest BCUT2D eigenvalue weighted by Crippen LogP contribution is 2.11. The molecule has 0 aliphatic rings. The van der Waals surface area contributed by atoms with Crippen molar-refractivity contribution in [1.29, 1.82) is 0 Å². The average Bonchev–Trinajstić information content (AvgIpc) is 2.59. The summed E-state index contributed by atoms with van der Waals surface area (Å²) in [6.07, 6.45) is -1.21. The normalized spacial score (nSPS) is 13.3. The van der Waals surface area contributed by atoms with E-state index in [1.165, 1.54) is 12.1 Å². The first-order chi connectivity index (χ1) is 13.3. The van der Waals surface area contributed by atoms with Crippen LogP contribution in [-0.4, -0.2) is 54.7 Å². The van der Waals surface area contributed by atoms with Gasteiger partial charge in [-0.25, -0.2) is 4.79 Å². The predicted molar refractivity (Wildman–Crippen MR) is 109 cm³/mol. The number of aryl methyl sites for hydroxylation is 1. The minimum Gasteiger partial charge on any atom is -0.461 e. The average molecular weight is 433 g/mol. The molecule has 0 radical (unpaired) electrons. The van der Waals surface area contributed by atoms with E-state index in [0.29, 0.717) is 6.42 Å². The zero-order valence-corrected chi connectivity index (χ0v) is 18.3. The lowest BCUT2D eigenvalue weighted by Crippen LogP contribution is -2.50. The second-order valence-electron chi connectivity index (χ2n) is 7.23. The summed E-state index contributed by atoms with van der Waals surface area (Å²) >= 11 is 0. The third kappa shape index (κ3) is 11.5. The minimum absolute atomic E-state index is 0.0666. The van der Waals surface area contributed by atoms with Crippen LogP contribution in [0.2, 0.25) is 0 Å². The Hall–Kier alpha value is -2.01. The lowest BCUT2D eigenvalue weighted by Gasteiger charge is -2.25. The number of hydrogen-bond donors (Lipinski definition) is 4. The molecule has 10 heteroatoms. The zero-order chi connectivity index (χ0) is 22.8. The van der Waals surface area contributed by atoms with Crippen LogP contribution in [0, 0.1) is 12.8 Å². The molecule has 29 heavy (non-hydrogen) atoms. The molecule has 0 fully saturated rings. The molecule has 1 aromatic carbocycles. The number of rotatable bonds is 8. The van der Waals surface area contributed by atoms with Crippen molar-refractivity contribution in [3.8, 4) is 0 Å². The van der Waals surface area contributed by atoms with Crippen molar-refractivity contribution in [2.24, 2.45) is 11.7 Å². The topological polar surface area (TPSA) is 156 Å². The van der Waals surface area contributed by atoms with Gasteiger partial charge in [-0.15, -0.1) is 0 Å². The molecule has 0 aliphatic heterocycles. The van der Waals surface area contributed by atoms with Gasteiger partial charge in [-0.3, -0.25) is 9.35 Å². The fraction of sp³-hybridized carbons (Fsp3) is 0.579. The summed E-state index contributed by atoms with van der Waals surface area (Å²) < 4.78 is 34.5. The van der Waals surface area contributed by atoms with Crippen molar-refractivity contribution in [3.63, 3.8) is 0 Å². The maximum atomic E-state index is 11.6. The van der Waals surface area contributed by atoms with Crippen LogP contribution in [0.1, 0.15) is 39.7 Å². The van der Waals surface area contributed by atoms with E-state index in [9.17, 15) is 23.1 Å². The Kier molecular flexibility index (Phi) is 11.7. The minimum atomic E-state index is -4.02. The van der Waals surface area contributed by atoms with E-state index in [0.717, 1.165) is 5.56 Å². The van der Waals surface area contributed by atoms with Gasteiger partial charge in [-0.1, -0.05) is 31.5 Å². The number of carbonyl (C=O) groups is 2. The summed E-state index contributed by atoms with van der Waals surface area (Å²) in [5.41, 5.74) is 6.15. The van der Waals surface area contributed by atoms with Crippen LogP contribution in [0.3, 0.4) is 0 Å². The summed E-state index contributed by atoms with van der Waals surface area (Å²) in [5, 5.41) is 12.4. The first-order valence-electron chi connectivity index (χ1n) is 9.20. The lowest BCUT2D eigenvalue weighted by atomic mass is 9.99. The van der Waals surface area contributed by atoms with Gasteiger partial charge in [0.15, 0.2) is 6.10 Å². The smallest absolute Gasteiger partial charge is 0.337 e. The number of nitrogens with one attached hydrogen (secondary N) is 1. The van der Waals surface area contributed by atoms with Crippen LogP contribution in [0.4, 0.5) is 0 Å². The SMILES string of the molecule is CC(C)C[C@H](NC(=O)CN)C(O)C(=O)OC(C)C.Cc1ccc(S(=O)(=O)O)cc1. The lowest BCUT2D eigenvalue weighted by molar-refractivity contribution is -0.159. The van der Waals surface area contributed by atoms with Crippen molar-refractivity contribution in [1.82, 2.24) is 5.32 Å². The van der Waals surface area contributed by atoms with Crippen LogP contribution < -0.4 is 11.1 Å². The fourth-order valence-corrected chi connectivity index (χ4v) is 2.70. The Morgan fingerprint density at radius 2 is 1.66 bits per heavy atom. The summed E-state index contributed by atoms with van der Waals surface area (Å²) in [6.45, 7) is 8.92. The van der Waals surface area contributed by atoms with E-state index in [2.05, 4.69) is 5.32 Å². The van der Waals surface area contributed by atoms with Crippen LogP contribution in [0.15, 0.2) is 29.2 Å². The number of amides is 1. The number of ether oxygens (including phenoxy) is 1. The molecular weight excluding hydrogens is 400 g/mol. The van der Waals surface area contributed by atoms with Gasteiger partial charge in [-0.2, -0.15) is 8.42 Å². The third-order valence-electron chi connectivity index (χ3n) is 3.55. The second-order valence-corrected chi connectivity index (χ2v) is 8.65. The van der Waals surface area contributed by atoms with E-state index < -0.39 is 34.1 Å². The molecule has 0 saturated carbocycles. The molecule has 1 aromatic rings. The fourth-order valence-electron chi connectivity index (χ4n) is 2.22. The largest absolute Gasteiger partial charge is 0.461 e. The Bertz CT molecular complexity index is 746. The van der Waals surface area contributed by atoms with Gasteiger partial charge in [0, 0.05) is 0 Å². The van der Waals surface area contributed by atoms with Gasteiger partial charge in [0.05, 0.1) is 23.6 Å². The van der Waals surface area contributed by atoms with E-state index in [1.54, 1.807) is 26.0 Å². The number of nitrogens with two attached hydrogens (primary N) is 1. The zero-order valence-electron chi connectivity index (χ0n) is 17.5. The van der Waals surface area contributed by atoms with Crippen LogP contribution in [-0.2, 0) is 24.4 Å². The molecule has 1 rings (SSSR count). The highest BCUT2D eigenvalue weighted by molar-refractivity contribution is 7.85. The Morgan fingerprint density at radius 3 is 2.03 bits per heavy atom. The molecular formula is C19H32N2O7S. The first kappa shape index (κ1) is 27.0. The number of aliphatic hydroxyl groups is 1. The maximum Gasteiger partial charge on any atom is 0.337 e. The molecule has 2 atom stereocenters. The third-order valence-corrected chi connectivity index (χ3v) is 4.42. The van der Waals surface area contributed by atoms with Crippen LogP contribution >= 0.6 is 0 Å². The van der Waals surface area contributed by atoms with E-state index in [1.807, 2.05) is 20.8 Å². The maximum absolute atomic E-state index is 11.6. The van der Waals surface area contributed by atoms with E-state index in [4.69, 9.17) is 15.0 Å². The number of carbonyl (C=O) groups excluding carboxylic acids is 2. The molecule has 0 saturated heterocycles. The van der Waals surface area contributed by atoms with E-state index >= 15 is 0 Å². The summed E-state index contributed by atoms with van der Waals surface area (Å²) in [4.78, 5) is 22.8. The molecule has 0 aliphatic carbocycles. The van der Waals surface area contributed by atoms with Gasteiger partial charge < -0.3 is 20.9 Å². The molecule has 1 amide bonds. The summed E-state index contributed by atoms with van der Waals surface area (Å²) in [7, 11) is -4.02. The molecule has 0 heterocycles. The number of hydrogen-bond acceptors (Lipinski definition) is 7.